The van der Waals surface area contributed by atoms with Crippen molar-refractivity contribution >= 4 is 11.6 Å². The minimum Gasteiger partial charge on any atom is -0.369 e. The van der Waals surface area contributed by atoms with E-state index in [1.807, 2.05) is 0 Å². The SMILES string of the molecule is CCC1(CNc2cc(N3CCCCC3)ncn2)CC1. The van der Waals surface area contributed by atoms with Crippen molar-refractivity contribution in [3.8, 4) is 0 Å². The lowest BCUT2D eigenvalue weighted by molar-refractivity contribution is 0.520. The van der Waals surface area contributed by atoms with Crippen LogP contribution in [-0.4, -0.2) is 29.6 Å². The second kappa shape index (κ2) is 5.35. The smallest absolute Gasteiger partial charge is 0.134 e. The van der Waals surface area contributed by atoms with Crippen molar-refractivity contribution in [2.75, 3.05) is 29.9 Å². The molecule has 0 unspecified atom stereocenters. The normalized spacial score (nSPS) is 21.2. The zero-order chi connectivity index (χ0) is 13.1. The van der Waals surface area contributed by atoms with E-state index in [1.54, 1.807) is 6.33 Å². The summed E-state index contributed by atoms with van der Waals surface area (Å²) in [6.45, 7) is 5.61. The summed E-state index contributed by atoms with van der Waals surface area (Å²) in [5.41, 5.74) is 0.552. The minimum atomic E-state index is 0.552. The average Bonchev–Trinajstić information content (AvgIpc) is 3.27. The Balaban J connectivity index is 1.62. The maximum absolute atomic E-state index is 4.42. The lowest BCUT2D eigenvalue weighted by atomic mass is 10.0. The second-order valence-corrected chi connectivity index (χ2v) is 6.02. The lowest BCUT2D eigenvalue weighted by Crippen LogP contribution is -2.30. The van der Waals surface area contributed by atoms with Gasteiger partial charge in [-0.1, -0.05) is 6.92 Å². The minimum absolute atomic E-state index is 0.552. The fraction of sp³-hybridized carbons (Fsp3) is 0.733. The maximum atomic E-state index is 4.42. The van der Waals surface area contributed by atoms with Gasteiger partial charge in [-0.2, -0.15) is 0 Å². The van der Waals surface area contributed by atoms with Gasteiger partial charge >= 0.3 is 0 Å². The van der Waals surface area contributed by atoms with E-state index in [4.69, 9.17) is 0 Å². The third kappa shape index (κ3) is 2.99. The van der Waals surface area contributed by atoms with E-state index < -0.39 is 0 Å². The van der Waals surface area contributed by atoms with Crippen LogP contribution in [0.2, 0.25) is 0 Å². The molecule has 1 aliphatic heterocycles. The number of rotatable bonds is 5. The van der Waals surface area contributed by atoms with E-state index in [0.29, 0.717) is 5.41 Å². The maximum Gasteiger partial charge on any atom is 0.134 e. The largest absolute Gasteiger partial charge is 0.369 e. The summed E-state index contributed by atoms with van der Waals surface area (Å²) in [5, 5.41) is 3.50. The van der Waals surface area contributed by atoms with E-state index in [2.05, 4.69) is 33.2 Å². The van der Waals surface area contributed by atoms with E-state index in [9.17, 15) is 0 Å². The summed E-state index contributed by atoms with van der Waals surface area (Å²) in [6.07, 6.45) is 9.60. The van der Waals surface area contributed by atoms with Crippen LogP contribution in [0.1, 0.15) is 45.4 Å². The van der Waals surface area contributed by atoms with E-state index in [1.165, 1.54) is 38.5 Å². The Labute approximate surface area is 115 Å². The van der Waals surface area contributed by atoms with Crippen molar-refractivity contribution < 1.29 is 0 Å². The third-order valence-corrected chi connectivity index (χ3v) is 4.68. The Bertz CT molecular complexity index is 422. The van der Waals surface area contributed by atoms with Crippen molar-refractivity contribution in [2.24, 2.45) is 5.41 Å². The molecule has 0 atom stereocenters. The molecule has 2 fully saturated rings. The molecule has 2 aliphatic rings. The quantitative estimate of drug-likeness (QED) is 0.883. The second-order valence-electron chi connectivity index (χ2n) is 6.02. The van der Waals surface area contributed by atoms with Crippen molar-refractivity contribution in [2.45, 2.75) is 45.4 Å². The molecule has 4 heteroatoms. The molecule has 1 saturated heterocycles. The highest BCUT2D eigenvalue weighted by molar-refractivity contribution is 5.48. The number of piperidine rings is 1. The van der Waals surface area contributed by atoms with Gasteiger partial charge in [-0.05, 0) is 43.9 Å². The molecule has 1 saturated carbocycles. The van der Waals surface area contributed by atoms with Crippen LogP contribution < -0.4 is 10.2 Å². The molecule has 0 spiro atoms. The number of hydrogen-bond acceptors (Lipinski definition) is 4. The highest BCUT2D eigenvalue weighted by atomic mass is 15.2. The predicted octanol–water partition coefficient (Wildman–Crippen LogP) is 3.07. The third-order valence-electron chi connectivity index (χ3n) is 4.68. The average molecular weight is 260 g/mol. The van der Waals surface area contributed by atoms with Gasteiger partial charge < -0.3 is 10.2 Å². The number of anilines is 2. The van der Waals surface area contributed by atoms with Crippen molar-refractivity contribution in [1.29, 1.82) is 0 Å². The summed E-state index contributed by atoms with van der Waals surface area (Å²) in [5.74, 6) is 2.06. The number of nitrogens with zero attached hydrogens (tertiary/aromatic N) is 3. The van der Waals surface area contributed by atoms with Gasteiger partial charge in [0.25, 0.3) is 0 Å². The van der Waals surface area contributed by atoms with Crippen LogP contribution in [-0.2, 0) is 0 Å². The van der Waals surface area contributed by atoms with Crippen molar-refractivity contribution in [3.05, 3.63) is 12.4 Å². The van der Waals surface area contributed by atoms with Gasteiger partial charge in [0.1, 0.15) is 18.0 Å². The lowest BCUT2D eigenvalue weighted by Gasteiger charge is -2.27. The van der Waals surface area contributed by atoms with Gasteiger partial charge in [0.15, 0.2) is 0 Å². The van der Waals surface area contributed by atoms with E-state index in [-0.39, 0.29) is 0 Å². The first kappa shape index (κ1) is 12.7. The zero-order valence-corrected chi connectivity index (χ0v) is 11.9. The molecule has 1 aliphatic carbocycles. The molecule has 1 aromatic rings. The standard InChI is InChI=1S/C15H24N4/c1-2-15(6-7-15)11-16-13-10-14(18-12-17-13)19-8-4-3-5-9-19/h10,12H,2-9,11H2,1H3,(H,16,17,18). The summed E-state index contributed by atoms with van der Waals surface area (Å²) >= 11 is 0. The first-order valence-electron chi connectivity index (χ1n) is 7.62. The molecule has 0 amide bonds. The molecule has 0 radical (unpaired) electrons. The topological polar surface area (TPSA) is 41.0 Å². The van der Waals surface area contributed by atoms with Crippen LogP contribution in [0, 0.1) is 5.41 Å². The summed E-state index contributed by atoms with van der Waals surface area (Å²) in [4.78, 5) is 11.1. The fourth-order valence-electron chi connectivity index (χ4n) is 2.85. The molecule has 0 bridgehead atoms. The Kier molecular flexibility index (Phi) is 3.58. The number of nitrogens with one attached hydrogen (secondary N) is 1. The van der Waals surface area contributed by atoms with Crippen molar-refractivity contribution in [3.63, 3.8) is 0 Å². The molecular formula is C15H24N4. The predicted molar refractivity (Wildman–Crippen MR) is 78.5 cm³/mol. The van der Waals surface area contributed by atoms with Gasteiger partial charge in [0.05, 0.1) is 0 Å². The van der Waals surface area contributed by atoms with Crippen LogP contribution in [0.4, 0.5) is 11.6 Å². The highest BCUT2D eigenvalue weighted by Gasteiger charge is 2.40. The molecule has 4 nitrogen and oxygen atoms in total. The Hall–Kier alpha value is -1.32. The summed E-state index contributed by atoms with van der Waals surface area (Å²) in [6, 6.07) is 2.11. The van der Waals surface area contributed by atoms with Crippen LogP contribution >= 0.6 is 0 Å². The van der Waals surface area contributed by atoms with Crippen LogP contribution in [0.15, 0.2) is 12.4 Å². The van der Waals surface area contributed by atoms with Gasteiger partial charge in [0.2, 0.25) is 0 Å². The molecular weight excluding hydrogens is 236 g/mol. The Morgan fingerprint density at radius 2 is 2.00 bits per heavy atom. The van der Waals surface area contributed by atoms with Gasteiger partial charge in [-0.15, -0.1) is 0 Å². The fourth-order valence-corrected chi connectivity index (χ4v) is 2.85. The zero-order valence-electron chi connectivity index (χ0n) is 11.9. The molecule has 19 heavy (non-hydrogen) atoms. The summed E-state index contributed by atoms with van der Waals surface area (Å²) < 4.78 is 0. The highest BCUT2D eigenvalue weighted by Crippen LogP contribution is 2.48. The number of aromatic nitrogens is 2. The molecule has 2 heterocycles. The Morgan fingerprint density at radius 3 is 2.68 bits per heavy atom. The van der Waals surface area contributed by atoms with E-state index >= 15 is 0 Å². The first-order valence-corrected chi connectivity index (χ1v) is 7.62. The van der Waals surface area contributed by atoms with E-state index in [0.717, 1.165) is 31.3 Å². The monoisotopic (exact) mass is 260 g/mol. The molecule has 3 rings (SSSR count). The molecule has 1 N–H and O–H groups in total. The van der Waals surface area contributed by atoms with Crippen LogP contribution in [0.5, 0.6) is 0 Å². The van der Waals surface area contributed by atoms with Gasteiger partial charge in [-0.25, -0.2) is 9.97 Å². The molecule has 104 valence electrons. The van der Waals surface area contributed by atoms with Crippen LogP contribution in [0.3, 0.4) is 0 Å². The summed E-state index contributed by atoms with van der Waals surface area (Å²) in [7, 11) is 0. The molecule has 0 aromatic carbocycles. The van der Waals surface area contributed by atoms with Gasteiger partial charge in [0, 0.05) is 25.7 Å². The van der Waals surface area contributed by atoms with Crippen LogP contribution in [0.25, 0.3) is 0 Å². The van der Waals surface area contributed by atoms with Gasteiger partial charge in [-0.3, -0.25) is 0 Å². The first-order chi connectivity index (χ1) is 9.31. The number of hydrogen-bond donors (Lipinski definition) is 1. The van der Waals surface area contributed by atoms with Crippen molar-refractivity contribution in [1.82, 2.24) is 9.97 Å². The Morgan fingerprint density at radius 1 is 1.21 bits per heavy atom. The molecule has 1 aromatic heterocycles.